The topological polar surface area (TPSA) is 84.0 Å². The van der Waals surface area contributed by atoms with Crippen molar-refractivity contribution in [2.24, 2.45) is 0 Å². The molecule has 0 unspecified atom stereocenters. The maximum absolute atomic E-state index is 13.9. The number of hydrogen-bond donors (Lipinski definition) is 0. The zero-order chi connectivity index (χ0) is 16.0. The summed E-state index contributed by atoms with van der Waals surface area (Å²) >= 11 is 0. The molecule has 0 aromatic carbocycles. The van der Waals surface area contributed by atoms with Gasteiger partial charge in [0.2, 0.25) is 11.7 Å². The van der Waals surface area contributed by atoms with Crippen molar-refractivity contribution in [1.82, 2.24) is 4.98 Å². The Hall–Kier alpha value is -2.45. The summed E-state index contributed by atoms with van der Waals surface area (Å²) < 4.78 is 45.2. The molecule has 0 spiro atoms. The molecule has 0 bridgehead atoms. The summed E-state index contributed by atoms with van der Waals surface area (Å²) in [7, 11) is 0. The van der Waals surface area contributed by atoms with Crippen LogP contribution in [0.25, 0.3) is 0 Å². The number of aromatic nitrogens is 1. The molecule has 0 aliphatic carbocycles. The number of pyridine rings is 1. The zero-order valence-corrected chi connectivity index (χ0v) is 11.6. The number of carbonyl (C=O) groups excluding carboxylic acids is 2. The van der Waals surface area contributed by atoms with Crippen LogP contribution >= 0.6 is 0 Å². The van der Waals surface area contributed by atoms with E-state index in [1.165, 1.54) is 13.8 Å². The van der Waals surface area contributed by atoms with Gasteiger partial charge in [-0.05, 0) is 20.8 Å². The fraction of sp³-hybridized carbons (Fsp3) is 0.417. The van der Waals surface area contributed by atoms with Crippen LogP contribution in [0.1, 0.15) is 19.4 Å². The van der Waals surface area contributed by atoms with Crippen LogP contribution < -0.4 is 9.47 Å². The highest BCUT2D eigenvalue weighted by Crippen LogP contribution is 2.32. The molecule has 0 aliphatic heterocycles. The number of hydrogen-bond acceptors (Lipinski definition) is 7. The predicted octanol–water partition coefficient (Wildman–Crippen LogP) is 2.74. The van der Waals surface area contributed by atoms with E-state index in [-0.39, 0.29) is 13.2 Å². The maximum atomic E-state index is 13.9. The van der Waals surface area contributed by atoms with Crippen molar-refractivity contribution in [2.75, 3.05) is 13.2 Å². The van der Waals surface area contributed by atoms with Crippen molar-refractivity contribution in [1.29, 1.82) is 0 Å². The van der Waals surface area contributed by atoms with E-state index in [9.17, 15) is 18.4 Å². The van der Waals surface area contributed by atoms with Gasteiger partial charge >= 0.3 is 12.3 Å². The van der Waals surface area contributed by atoms with Gasteiger partial charge in [-0.15, -0.1) is 0 Å². The molecule has 7 nitrogen and oxygen atoms in total. The smallest absolute Gasteiger partial charge is 0.434 e. The van der Waals surface area contributed by atoms with Crippen LogP contribution in [-0.2, 0) is 9.47 Å². The fourth-order valence-electron chi connectivity index (χ4n) is 1.19. The minimum atomic E-state index is -1.25. The molecular weight excluding hydrogens is 292 g/mol. The quantitative estimate of drug-likeness (QED) is 0.624. The Bertz CT molecular complexity index is 549. The first-order valence-electron chi connectivity index (χ1n) is 5.95. The monoisotopic (exact) mass is 305 g/mol. The van der Waals surface area contributed by atoms with Crippen LogP contribution in [0, 0.1) is 18.7 Å². The highest BCUT2D eigenvalue weighted by molar-refractivity contribution is 5.68. The van der Waals surface area contributed by atoms with E-state index in [0.29, 0.717) is 0 Å². The lowest BCUT2D eigenvalue weighted by Crippen LogP contribution is -2.17. The lowest BCUT2D eigenvalue weighted by Gasteiger charge is -2.11. The lowest BCUT2D eigenvalue weighted by atomic mass is 10.3. The first-order chi connectivity index (χ1) is 9.90. The highest BCUT2D eigenvalue weighted by atomic mass is 19.1. The van der Waals surface area contributed by atoms with E-state index in [1.807, 2.05) is 0 Å². The van der Waals surface area contributed by atoms with Gasteiger partial charge in [-0.3, -0.25) is 0 Å². The number of nitrogens with zero attached hydrogens (tertiary/aromatic N) is 1. The van der Waals surface area contributed by atoms with Crippen molar-refractivity contribution in [3.05, 3.63) is 17.3 Å². The number of ether oxygens (including phenoxy) is 4. The molecule has 1 heterocycles. The molecule has 0 saturated heterocycles. The Kier molecular flexibility index (Phi) is 5.82. The van der Waals surface area contributed by atoms with Crippen LogP contribution in [0.2, 0.25) is 0 Å². The molecular formula is C12H13F2NO6. The third-order valence-corrected chi connectivity index (χ3v) is 2.12. The molecule has 0 N–H and O–H groups in total. The molecule has 21 heavy (non-hydrogen) atoms. The summed E-state index contributed by atoms with van der Waals surface area (Å²) in [5.74, 6) is -4.19. The Balaban J connectivity index is 3.14. The molecule has 1 rings (SSSR count). The first kappa shape index (κ1) is 16.6. The third-order valence-electron chi connectivity index (χ3n) is 2.12. The average molecular weight is 305 g/mol. The summed E-state index contributed by atoms with van der Waals surface area (Å²) in [6.45, 7) is 4.03. The van der Waals surface area contributed by atoms with Crippen LogP contribution in [0.5, 0.6) is 11.6 Å². The van der Waals surface area contributed by atoms with E-state index in [4.69, 9.17) is 0 Å². The van der Waals surface area contributed by atoms with Crippen LogP contribution in [0.15, 0.2) is 0 Å². The Morgan fingerprint density at radius 3 is 2.10 bits per heavy atom. The van der Waals surface area contributed by atoms with E-state index in [1.54, 1.807) is 0 Å². The SMILES string of the molecule is CCOC(=O)Oc1nc(F)c(C)c(F)c1OC(=O)OCC. The van der Waals surface area contributed by atoms with E-state index in [0.717, 1.165) is 6.92 Å². The number of halogens is 2. The Morgan fingerprint density at radius 1 is 1.05 bits per heavy atom. The summed E-state index contributed by atoms with van der Waals surface area (Å²) in [5, 5.41) is 0. The van der Waals surface area contributed by atoms with Crippen LogP contribution in [0.4, 0.5) is 18.4 Å². The normalized spacial score (nSPS) is 9.95. The lowest BCUT2D eigenvalue weighted by molar-refractivity contribution is 0.0906. The summed E-state index contributed by atoms with van der Waals surface area (Å²) in [6, 6.07) is 0. The zero-order valence-electron chi connectivity index (χ0n) is 11.6. The fourth-order valence-corrected chi connectivity index (χ4v) is 1.19. The molecule has 1 aromatic rings. The predicted molar refractivity (Wildman–Crippen MR) is 64.2 cm³/mol. The molecule has 0 radical (unpaired) electrons. The summed E-state index contributed by atoms with van der Waals surface area (Å²) in [5.41, 5.74) is -0.509. The second-order valence-electron chi connectivity index (χ2n) is 3.55. The van der Waals surface area contributed by atoms with Gasteiger partial charge in [-0.2, -0.15) is 9.37 Å². The molecule has 0 amide bonds. The average Bonchev–Trinajstić information content (AvgIpc) is 2.41. The van der Waals surface area contributed by atoms with Crippen molar-refractivity contribution >= 4 is 12.3 Å². The molecule has 0 fully saturated rings. The third kappa shape index (κ3) is 4.26. The Morgan fingerprint density at radius 2 is 1.57 bits per heavy atom. The Labute approximate surface area is 118 Å². The van der Waals surface area contributed by atoms with Crippen molar-refractivity contribution in [3.63, 3.8) is 0 Å². The molecule has 0 atom stereocenters. The van der Waals surface area contributed by atoms with E-state index >= 15 is 0 Å². The molecule has 116 valence electrons. The van der Waals surface area contributed by atoms with Gasteiger partial charge < -0.3 is 18.9 Å². The van der Waals surface area contributed by atoms with E-state index in [2.05, 4.69) is 23.9 Å². The van der Waals surface area contributed by atoms with E-state index < -0.39 is 41.3 Å². The van der Waals surface area contributed by atoms with Gasteiger partial charge in [-0.25, -0.2) is 14.0 Å². The minimum Gasteiger partial charge on any atom is -0.434 e. The molecule has 0 saturated carbocycles. The highest BCUT2D eigenvalue weighted by Gasteiger charge is 2.25. The molecule has 0 aliphatic rings. The van der Waals surface area contributed by atoms with Gasteiger partial charge in [0.15, 0.2) is 5.82 Å². The van der Waals surface area contributed by atoms with Gasteiger partial charge in [0.1, 0.15) is 0 Å². The van der Waals surface area contributed by atoms with Crippen LogP contribution in [0.3, 0.4) is 0 Å². The maximum Gasteiger partial charge on any atom is 0.515 e. The van der Waals surface area contributed by atoms with Crippen LogP contribution in [-0.4, -0.2) is 30.5 Å². The number of rotatable bonds is 4. The molecule has 1 aromatic heterocycles. The van der Waals surface area contributed by atoms with Gasteiger partial charge in [0.05, 0.1) is 13.2 Å². The van der Waals surface area contributed by atoms with Gasteiger partial charge in [0.25, 0.3) is 5.88 Å². The molecule has 9 heteroatoms. The van der Waals surface area contributed by atoms with Gasteiger partial charge in [-0.1, -0.05) is 0 Å². The number of carbonyl (C=O) groups is 2. The first-order valence-corrected chi connectivity index (χ1v) is 5.95. The van der Waals surface area contributed by atoms with Crippen molar-refractivity contribution < 1.29 is 37.3 Å². The second-order valence-corrected chi connectivity index (χ2v) is 3.55. The second kappa shape index (κ2) is 7.36. The van der Waals surface area contributed by atoms with Crippen molar-refractivity contribution in [3.8, 4) is 11.6 Å². The summed E-state index contributed by atoms with van der Waals surface area (Å²) in [4.78, 5) is 25.6. The summed E-state index contributed by atoms with van der Waals surface area (Å²) in [6.07, 6.45) is -2.50. The minimum absolute atomic E-state index is 0.0241. The van der Waals surface area contributed by atoms with Gasteiger partial charge in [0, 0.05) is 5.56 Å². The van der Waals surface area contributed by atoms with Crippen molar-refractivity contribution in [2.45, 2.75) is 20.8 Å². The standard InChI is InChI=1S/C12H13F2NO6/c1-4-18-11(16)20-8-7(13)6(3)9(14)15-10(8)21-12(17)19-5-2/h4-5H2,1-3H3. The largest absolute Gasteiger partial charge is 0.515 e.